The van der Waals surface area contributed by atoms with Crippen molar-refractivity contribution in [2.24, 2.45) is 0 Å². The molecule has 3 aromatic rings. The van der Waals surface area contributed by atoms with E-state index in [0.29, 0.717) is 15.9 Å². The maximum atomic E-state index is 11.3. The van der Waals surface area contributed by atoms with Gasteiger partial charge in [0.25, 0.3) is 30.4 Å². The topological polar surface area (TPSA) is 163 Å². The molecular weight excluding hydrogens is 573 g/mol. The summed E-state index contributed by atoms with van der Waals surface area (Å²) in [5.41, 5.74) is 0. The van der Waals surface area contributed by atoms with Crippen molar-refractivity contribution in [2.45, 2.75) is 14.7 Å². The Kier molecular flexibility index (Phi) is 9.13. The summed E-state index contributed by atoms with van der Waals surface area (Å²) in [6, 6.07) is 16.1. The molecule has 0 atom stereocenters. The maximum Gasteiger partial charge on any atom is 1.00 e. The van der Waals surface area contributed by atoms with Gasteiger partial charge >= 0.3 is 58.2 Å². The van der Waals surface area contributed by atoms with Gasteiger partial charge in [0.1, 0.15) is 0 Å². The Morgan fingerprint density at radius 3 is 0.812 bits per heavy atom. The van der Waals surface area contributed by atoms with Gasteiger partial charge in [-0.05, 0) is 60.2 Å². The number of hydrogen-bond donors (Lipinski definition) is 3. The van der Waals surface area contributed by atoms with Gasteiger partial charge in [-0.2, -0.15) is 25.3 Å². The smallest absolute Gasteiger partial charge is 1.00 e. The number of benzene rings is 3. The molecule has 0 amide bonds. The van der Waals surface area contributed by atoms with Crippen LogP contribution in [0.3, 0.4) is 0 Å². The largest absolute Gasteiger partial charge is 1.00 e. The Balaban J connectivity index is 0.00000272. The molecule has 0 bridgehead atoms. The number of hydrogen-bond acceptors (Lipinski definition) is 6. The van der Waals surface area contributed by atoms with Crippen molar-refractivity contribution in [3.63, 3.8) is 0 Å². The van der Waals surface area contributed by atoms with E-state index >= 15 is 0 Å². The van der Waals surface area contributed by atoms with Crippen LogP contribution >= 0.6 is 7.92 Å². The average Bonchev–Trinajstić information content (AvgIpc) is 2.67. The Morgan fingerprint density at radius 1 is 0.469 bits per heavy atom. The molecule has 0 saturated carbocycles. The van der Waals surface area contributed by atoms with Gasteiger partial charge in [-0.1, -0.05) is 36.4 Å². The zero-order chi connectivity index (χ0) is 23.0. The van der Waals surface area contributed by atoms with Crippen LogP contribution in [0.15, 0.2) is 87.5 Å². The zero-order valence-corrected chi connectivity index (χ0v) is 24.7. The average molecular weight is 589 g/mol. The Labute approximate surface area is 237 Å². The fourth-order valence-electron chi connectivity index (χ4n) is 2.75. The summed E-state index contributed by atoms with van der Waals surface area (Å²) in [5.74, 6) is 0. The Hall–Kier alpha value is -0.375. The first-order chi connectivity index (χ1) is 14.3. The molecule has 0 saturated heterocycles. The molecule has 32 heavy (non-hydrogen) atoms. The molecule has 14 heteroatoms. The second kappa shape index (κ2) is 10.5. The van der Waals surface area contributed by atoms with Crippen LogP contribution < -0.4 is 74.1 Å². The predicted molar refractivity (Wildman–Crippen MR) is 116 cm³/mol. The van der Waals surface area contributed by atoms with Crippen LogP contribution in [0, 0.1) is 0 Å². The molecule has 0 unspecified atom stereocenters. The van der Waals surface area contributed by atoms with E-state index in [0.717, 1.165) is 0 Å². The molecule has 9 nitrogen and oxygen atoms in total. The summed E-state index contributed by atoms with van der Waals surface area (Å²) in [7, 11) is -14.6. The third-order valence-corrected chi connectivity index (χ3v) is 9.23. The molecule has 0 aliphatic rings. The third kappa shape index (κ3) is 6.83. The Morgan fingerprint density at radius 2 is 0.656 bits per heavy atom. The quantitative estimate of drug-likeness (QED) is 0.225. The minimum Gasteiger partial charge on any atom is -1.00 e. The first kappa shape index (κ1) is 27.9. The van der Waals surface area contributed by atoms with Gasteiger partial charge in [-0.15, -0.1) is 0 Å². The molecule has 0 aliphatic heterocycles. The van der Waals surface area contributed by atoms with E-state index in [1.54, 1.807) is 0 Å². The molecule has 3 N–H and O–H groups in total. The molecule has 0 heterocycles. The molecule has 3 rings (SSSR count). The minimum atomic E-state index is -4.40. The molecule has 0 spiro atoms. The van der Waals surface area contributed by atoms with Crippen molar-refractivity contribution in [3.05, 3.63) is 72.8 Å². The fraction of sp³-hybridized carbons (Fsp3) is 0. The van der Waals surface area contributed by atoms with Crippen LogP contribution in [-0.2, 0) is 30.4 Å². The SMILES string of the molecule is O=S(=O)(O)c1ccc(P(c2ccc(S(=O)(=O)O)cc2)c2ccc(S(=O)(=O)O)cc2)cc1.[H-].[Rb+]. The Bertz CT molecular complexity index is 1250. The van der Waals surface area contributed by atoms with Gasteiger partial charge in [0, 0.05) is 0 Å². The maximum absolute atomic E-state index is 11.3. The van der Waals surface area contributed by atoms with Crippen molar-refractivity contribution in [3.8, 4) is 0 Å². The van der Waals surface area contributed by atoms with E-state index in [-0.39, 0.29) is 74.3 Å². The zero-order valence-electron chi connectivity index (χ0n) is 17.4. The predicted octanol–water partition coefficient (Wildman–Crippen LogP) is -1.70. The van der Waals surface area contributed by atoms with E-state index in [4.69, 9.17) is 0 Å². The van der Waals surface area contributed by atoms with Crippen molar-refractivity contribution >= 4 is 54.2 Å². The van der Waals surface area contributed by atoms with E-state index < -0.39 is 38.3 Å². The summed E-state index contributed by atoms with van der Waals surface area (Å²) in [6.07, 6.45) is 0. The van der Waals surface area contributed by atoms with Crippen LogP contribution in [0.1, 0.15) is 1.43 Å². The normalized spacial score (nSPS) is 12.4. The van der Waals surface area contributed by atoms with Crippen molar-refractivity contribution in [1.82, 2.24) is 0 Å². The first-order valence-electron chi connectivity index (χ1n) is 8.30. The second-order valence-corrected chi connectivity index (χ2v) is 12.7. The summed E-state index contributed by atoms with van der Waals surface area (Å²) in [5, 5.41) is 1.84. The van der Waals surface area contributed by atoms with Crippen LogP contribution in [0.25, 0.3) is 0 Å². The molecule has 0 radical (unpaired) electrons. The number of rotatable bonds is 6. The molecule has 0 aromatic heterocycles. The van der Waals surface area contributed by atoms with Gasteiger partial charge in [0.05, 0.1) is 14.7 Å². The van der Waals surface area contributed by atoms with Crippen molar-refractivity contribution in [1.29, 1.82) is 0 Å². The summed E-state index contributed by atoms with van der Waals surface area (Å²) in [6.45, 7) is 0. The summed E-state index contributed by atoms with van der Waals surface area (Å²) >= 11 is 0. The first-order valence-corrected chi connectivity index (χ1v) is 14.0. The molecule has 3 aromatic carbocycles. The van der Waals surface area contributed by atoms with Crippen LogP contribution in [0.5, 0.6) is 0 Å². The minimum absolute atomic E-state index is 0. The molecule has 0 fully saturated rings. The van der Waals surface area contributed by atoms with E-state index in [1.807, 2.05) is 0 Å². The van der Waals surface area contributed by atoms with Gasteiger partial charge in [0.15, 0.2) is 0 Å². The third-order valence-electron chi connectivity index (χ3n) is 4.18. The standard InChI is InChI=1S/C18H15O9PS3.Rb.H/c19-29(20,21)16-7-1-13(2-8-16)28(14-3-9-17(10-4-14)30(22,23)24)15-5-11-18(12-6-15)31(25,26)27;;/h1-12H,(H,19,20,21)(H,22,23,24)(H,25,26,27);;/q;+1;-1. The van der Waals surface area contributed by atoms with Crippen molar-refractivity contribution in [2.75, 3.05) is 0 Å². The molecule has 166 valence electrons. The molecular formula is C18H16O9PRbS3. The van der Waals surface area contributed by atoms with Gasteiger partial charge in [-0.25, -0.2) is 0 Å². The monoisotopic (exact) mass is 588 g/mol. The molecule has 0 aliphatic carbocycles. The van der Waals surface area contributed by atoms with Crippen molar-refractivity contribution < 1.29 is 98.5 Å². The fourth-order valence-corrected chi connectivity index (χ4v) is 6.42. The van der Waals surface area contributed by atoms with E-state index in [2.05, 4.69) is 0 Å². The van der Waals surface area contributed by atoms with Gasteiger partial charge in [-0.3, -0.25) is 13.7 Å². The van der Waals surface area contributed by atoms with E-state index in [9.17, 15) is 38.9 Å². The van der Waals surface area contributed by atoms with Gasteiger partial charge in [0.2, 0.25) is 0 Å². The van der Waals surface area contributed by atoms with Crippen LogP contribution in [0.4, 0.5) is 0 Å². The van der Waals surface area contributed by atoms with Crippen LogP contribution in [-0.4, -0.2) is 38.9 Å². The second-order valence-electron chi connectivity index (χ2n) is 6.24. The van der Waals surface area contributed by atoms with Gasteiger partial charge < -0.3 is 1.43 Å². The summed E-state index contributed by atoms with van der Waals surface area (Å²) in [4.78, 5) is -0.932. The van der Waals surface area contributed by atoms with E-state index in [1.165, 1.54) is 72.8 Å². The van der Waals surface area contributed by atoms with Crippen LogP contribution in [0.2, 0.25) is 0 Å². The summed E-state index contributed by atoms with van der Waals surface area (Å²) < 4.78 is 95.4.